The van der Waals surface area contributed by atoms with Gasteiger partial charge in [0.2, 0.25) is 5.95 Å². The Labute approximate surface area is 175 Å². The number of benzene rings is 1. The molecular weight excluding hydrogens is 372 g/mol. The number of hydrogen-bond acceptors (Lipinski definition) is 5. The predicted octanol–water partition coefficient (Wildman–Crippen LogP) is 4.32. The summed E-state index contributed by atoms with van der Waals surface area (Å²) in [5.74, 6) is 0.998. The number of aromatic nitrogens is 5. The lowest BCUT2D eigenvalue weighted by Crippen LogP contribution is -2.46. The van der Waals surface area contributed by atoms with Crippen molar-refractivity contribution in [3.05, 3.63) is 79.2 Å². The van der Waals surface area contributed by atoms with Crippen molar-refractivity contribution < 1.29 is 0 Å². The first-order chi connectivity index (χ1) is 14.7. The van der Waals surface area contributed by atoms with Crippen LogP contribution < -0.4 is 4.90 Å². The Balaban J connectivity index is 1.42. The molecule has 6 nitrogen and oxygen atoms in total. The van der Waals surface area contributed by atoms with Gasteiger partial charge in [0.15, 0.2) is 0 Å². The molecular formula is C24H22N6. The molecule has 0 unspecified atom stereocenters. The topological polar surface area (TPSA) is 59.7 Å². The first-order valence-electron chi connectivity index (χ1n) is 9.91. The lowest BCUT2D eigenvalue weighted by Gasteiger charge is -2.39. The Kier molecular flexibility index (Phi) is 4.39. The fourth-order valence-corrected chi connectivity index (χ4v) is 3.98. The fourth-order valence-electron chi connectivity index (χ4n) is 3.98. The molecule has 148 valence electrons. The molecule has 5 rings (SSSR count). The molecule has 0 radical (unpaired) electrons. The molecule has 30 heavy (non-hydrogen) atoms. The van der Waals surface area contributed by atoms with Gasteiger partial charge in [0.1, 0.15) is 0 Å². The van der Waals surface area contributed by atoms with E-state index in [9.17, 15) is 0 Å². The normalized spacial score (nSPS) is 14.0. The number of rotatable bonds is 5. The zero-order valence-corrected chi connectivity index (χ0v) is 16.9. The molecule has 0 spiro atoms. The molecule has 0 saturated carbocycles. The van der Waals surface area contributed by atoms with Crippen LogP contribution in [0.5, 0.6) is 0 Å². The lowest BCUT2D eigenvalue weighted by molar-refractivity contribution is 0.503. The quantitative estimate of drug-likeness (QED) is 0.505. The summed E-state index contributed by atoms with van der Waals surface area (Å²) in [6, 6.07) is 8.58. The average molecular weight is 394 g/mol. The summed E-state index contributed by atoms with van der Waals surface area (Å²) in [5.41, 5.74) is 5.96. The van der Waals surface area contributed by atoms with E-state index in [0.717, 1.165) is 41.3 Å². The number of fused-ring (bicyclic) bond motifs is 1. The summed E-state index contributed by atoms with van der Waals surface area (Å²) in [4.78, 5) is 20.6. The molecule has 1 saturated heterocycles. The van der Waals surface area contributed by atoms with Gasteiger partial charge in [0, 0.05) is 72.9 Å². The van der Waals surface area contributed by atoms with Gasteiger partial charge in [-0.15, -0.1) is 0 Å². The first-order valence-corrected chi connectivity index (χ1v) is 9.91. The zero-order valence-electron chi connectivity index (χ0n) is 16.9. The minimum atomic E-state index is 0.287. The van der Waals surface area contributed by atoms with Crippen molar-refractivity contribution in [2.24, 2.45) is 7.05 Å². The number of anilines is 1. The molecule has 6 heteroatoms. The molecule has 0 aliphatic carbocycles. The largest absolute Gasteiger partial charge is 0.351 e. The van der Waals surface area contributed by atoms with Gasteiger partial charge in [-0.1, -0.05) is 25.3 Å². The van der Waals surface area contributed by atoms with E-state index in [0.29, 0.717) is 5.95 Å². The molecule has 0 N–H and O–H groups in total. The number of hydrogen-bond donors (Lipinski definition) is 0. The standard InChI is InChI=1S/C24H22N6/c1-4-16-13-27-24(28-20(16)5-2)30-14-19(15-30)23-22(25-9-10-26-23)18-6-7-21-17(12-18)8-11-29(21)3/h4-13,19H,1-2,14-15H2,3H3. The summed E-state index contributed by atoms with van der Waals surface area (Å²) >= 11 is 0. The second kappa shape index (κ2) is 7.22. The minimum absolute atomic E-state index is 0.287. The Bertz CT molecular complexity index is 1270. The van der Waals surface area contributed by atoms with Crippen molar-refractivity contribution in [3.63, 3.8) is 0 Å². The first kappa shape index (κ1) is 18.2. The van der Waals surface area contributed by atoms with Gasteiger partial charge in [0.25, 0.3) is 0 Å². The monoisotopic (exact) mass is 394 g/mol. The number of nitrogens with zero attached hydrogens (tertiary/aromatic N) is 6. The highest BCUT2D eigenvalue weighted by Gasteiger charge is 2.33. The maximum Gasteiger partial charge on any atom is 0.225 e. The highest BCUT2D eigenvalue weighted by Crippen LogP contribution is 2.34. The van der Waals surface area contributed by atoms with E-state index in [2.05, 4.69) is 80.1 Å². The van der Waals surface area contributed by atoms with Crippen LogP contribution in [0.2, 0.25) is 0 Å². The Morgan fingerprint density at radius 3 is 2.67 bits per heavy atom. The van der Waals surface area contributed by atoms with E-state index in [1.807, 2.05) is 0 Å². The van der Waals surface area contributed by atoms with Crippen LogP contribution in [-0.4, -0.2) is 37.6 Å². The molecule has 0 atom stereocenters. The van der Waals surface area contributed by atoms with Gasteiger partial charge in [-0.05, 0) is 24.3 Å². The third kappa shape index (κ3) is 2.97. The van der Waals surface area contributed by atoms with Crippen LogP contribution in [0.3, 0.4) is 0 Å². The van der Waals surface area contributed by atoms with Crippen LogP contribution in [0, 0.1) is 0 Å². The summed E-state index contributed by atoms with van der Waals surface area (Å²) < 4.78 is 2.12. The van der Waals surface area contributed by atoms with Gasteiger partial charge in [0.05, 0.1) is 17.1 Å². The summed E-state index contributed by atoms with van der Waals surface area (Å²) in [6.45, 7) is 9.26. The van der Waals surface area contributed by atoms with Crippen LogP contribution in [-0.2, 0) is 7.05 Å². The fraction of sp³-hybridized carbons (Fsp3) is 0.167. The second-order valence-electron chi connectivity index (χ2n) is 7.51. The van der Waals surface area contributed by atoms with E-state index >= 15 is 0 Å². The van der Waals surface area contributed by atoms with Crippen LogP contribution in [0.4, 0.5) is 5.95 Å². The van der Waals surface area contributed by atoms with E-state index in [1.54, 1.807) is 30.7 Å². The zero-order chi connectivity index (χ0) is 20.7. The van der Waals surface area contributed by atoms with Crippen molar-refractivity contribution in [2.75, 3.05) is 18.0 Å². The van der Waals surface area contributed by atoms with Crippen LogP contribution >= 0.6 is 0 Å². The summed E-state index contributed by atoms with van der Waals surface area (Å²) in [5, 5.41) is 1.20. The smallest absolute Gasteiger partial charge is 0.225 e. The van der Waals surface area contributed by atoms with Gasteiger partial charge in [-0.2, -0.15) is 0 Å². The van der Waals surface area contributed by atoms with Crippen LogP contribution in [0.25, 0.3) is 34.3 Å². The van der Waals surface area contributed by atoms with Gasteiger partial charge >= 0.3 is 0 Å². The molecule has 3 aromatic heterocycles. The molecule has 1 fully saturated rings. The van der Waals surface area contributed by atoms with Gasteiger partial charge in [-0.25, -0.2) is 9.97 Å². The Morgan fingerprint density at radius 2 is 1.87 bits per heavy atom. The molecule has 4 aromatic rings. The van der Waals surface area contributed by atoms with E-state index < -0.39 is 0 Å². The Hall–Kier alpha value is -3.80. The molecule has 0 bridgehead atoms. The van der Waals surface area contributed by atoms with E-state index in [4.69, 9.17) is 0 Å². The SMILES string of the molecule is C=Cc1cnc(N2CC(c3nccnc3-c3ccc4c(ccn4C)c3)C2)nc1C=C. The minimum Gasteiger partial charge on any atom is -0.351 e. The maximum absolute atomic E-state index is 4.69. The predicted molar refractivity (Wildman–Crippen MR) is 121 cm³/mol. The molecule has 4 heterocycles. The molecule has 1 aliphatic heterocycles. The maximum atomic E-state index is 4.69. The third-order valence-electron chi connectivity index (χ3n) is 5.68. The number of aryl methyl sites for hydroxylation is 1. The van der Waals surface area contributed by atoms with E-state index in [1.165, 1.54) is 10.9 Å². The molecule has 0 amide bonds. The van der Waals surface area contributed by atoms with Crippen molar-refractivity contribution in [1.82, 2.24) is 24.5 Å². The van der Waals surface area contributed by atoms with Crippen LogP contribution in [0.1, 0.15) is 22.9 Å². The Morgan fingerprint density at radius 1 is 1.03 bits per heavy atom. The highest BCUT2D eigenvalue weighted by atomic mass is 15.3. The van der Waals surface area contributed by atoms with Crippen molar-refractivity contribution in [1.29, 1.82) is 0 Å². The summed E-state index contributed by atoms with van der Waals surface area (Å²) in [7, 11) is 2.06. The third-order valence-corrected chi connectivity index (χ3v) is 5.68. The van der Waals surface area contributed by atoms with Crippen molar-refractivity contribution in [3.8, 4) is 11.3 Å². The average Bonchev–Trinajstić information content (AvgIpc) is 3.13. The molecule has 1 aromatic carbocycles. The van der Waals surface area contributed by atoms with Gasteiger partial charge < -0.3 is 9.47 Å². The van der Waals surface area contributed by atoms with Crippen LogP contribution in [0.15, 0.2) is 62.2 Å². The molecule has 1 aliphatic rings. The summed E-state index contributed by atoms with van der Waals surface area (Å²) in [6.07, 6.45) is 10.9. The van der Waals surface area contributed by atoms with Gasteiger partial charge in [-0.3, -0.25) is 9.97 Å². The second-order valence-corrected chi connectivity index (χ2v) is 7.51. The van der Waals surface area contributed by atoms with Crippen molar-refractivity contribution >= 4 is 29.0 Å². The van der Waals surface area contributed by atoms with E-state index in [-0.39, 0.29) is 5.92 Å². The van der Waals surface area contributed by atoms with Crippen molar-refractivity contribution in [2.45, 2.75) is 5.92 Å². The highest BCUT2D eigenvalue weighted by molar-refractivity contribution is 5.85. The lowest BCUT2D eigenvalue weighted by atomic mass is 9.92.